The number of carbonyl (C=O) groups excluding carboxylic acids is 1. The summed E-state index contributed by atoms with van der Waals surface area (Å²) in [5.74, 6) is 2.47. The van der Waals surface area contributed by atoms with E-state index in [2.05, 4.69) is 13.8 Å². The van der Waals surface area contributed by atoms with Crippen molar-refractivity contribution < 1.29 is 4.79 Å². The van der Waals surface area contributed by atoms with E-state index in [-0.39, 0.29) is 12.0 Å². The molecule has 0 aliphatic heterocycles. The average Bonchev–Trinajstić information content (AvgIpc) is 2.77. The van der Waals surface area contributed by atoms with Crippen molar-refractivity contribution in [3.05, 3.63) is 0 Å². The van der Waals surface area contributed by atoms with Gasteiger partial charge in [-0.05, 0) is 37.0 Å². The molecule has 0 amide bonds. The fourth-order valence-electron chi connectivity index (χ4n) is 3.44. The van der Waals surface area contributed by atoms with Crippen molar-refractivity contribution in [1.29, 1.82) is 0 Å². The zero-order chi connectivity index (χ0) is 11.0. The molecule has 2 aliphatic rings. The molecule has 2 saturated carbocycles. The van der Waals surface area contributed by atoms with Crippen molar-refractivity contribution in [2.75, 3.05) is 0 Å². The van der Waals surface area contributed by atoms with E-state index in [0.29, 0.717) is 23.5 Å². The van der Waals surface area contributed by atoms with Crippen LogP contribution in [0.2, 0.25) is 0 Å². The van der Waals surface area contributed by atoms with Gasteiger partial charge in [0.2, 0.25) is 0 Å². The molecular formula is C13H23NO. The molecule has 5 atom stereocenters. The number of rotatable bonds is 4. The standard InChI is InChI=1S/C13H23NO/c1-3-8(2)6-11(15)12-9-4-5-10(7-9)13(12)14/h8-10,12-13H,3-7,14H2,1-2H3. The van der Waals surface area contributed by atoms with E-state index in [1.54, 1.807) is 0 Å². The zero-order valence-electron chi connectivity index (χ0n) is 9.91. The molecule has 2 fully saturated rings. The van der Waals surface area contributed by atoms with Crippen LogP contribution in [0.1, 0.15) is 46.0 Å². The van der Waals surface area contributed by atoms with Crippen LogP contribution in [0.25, 0.3) is 0 Å². The van der Waals surface area contributed by atoms with Gasteiger partial charge in [0.15, 0.2) is 0 Å². The van der Waals surface area contributed by atoms with Crippen LogP contribution in [-0.2, 0) is 4.79 Å². The molecule has 2 rings (SSSR count). The van der Waals surface area contributed by atoms with E-state index < -0.39 is 0 Å². The van der Waals surface area contributed by atoms with Crippen molar-refractivity contribution in [2.45, 2.75) is 52.0 Å². The minimum Gasteiger partial charge on any atom is -0.327 e. The lowest BCUT2D eigenvalue weighted by Gasteiger charge is -2.27. The zero-order valence-corrected chi connectivity index (χ0v) is 9.91. The van der Waals surface area contributed by atoms with Gasteiger partial charge in [0.05, 0.1) is 0 Å². The molecule has 86 valence electrons. The smallest absolute Gasteiger partial charge is 0.138 e. The van der Waals surface area contributed by atoms with Crippen molar-refractivity contribution in [1.82, 2.24) is 0 Å². The van der Waals surface area contributed by atoms with Gasteiger partial charge in [-0.3, -0.25) is 4.79 Å². The van der Waals surface area contributed by atoms with Crippen LogP contribution in [0.3, 0.4) is 0 Å². The molecule has 0 heterocycles. The second kappa shape index (κ2) is 4.25. The third-order valence-electron chi connectivity index (χ3n) is 4.60. The Bertz CT molecular complexity index is 249. The monoisotopic (exact) mass is 209 g/mol. The molecule has 0 saturated heterocycles. The number of fused-ring (bicyclic) bond motifs is 2. The fraction of sp³-hybridized carbons (Fsp3) is 0.923. The Hall–Kier alpha value is -0.370. The molecule has 2 N–H and O–H groups in total. The Balaban J connectivity index is 1.96. The highest BCUT2D eigenvalue weighted by molar-refractivity contribution is 5.82. The van der Waals surface area contributed by atoms with E-state index in [0.717, 1.165) is 12.8 Å². The van der Waals surface area contributed by atoms with E-state index in [9.17, 15) is 4.79 Å². The van der Waals surface area contributed by atoms with Gasteiger partial charge in [-0.15, -0.1) is 0 Å². The molecule has 0 aromatic rings. The van der Waals surface area contributed by atoms with Gasteiger partial charge in [0, 0.05) is 18.4 Å². The Kier molecular flexibility index (Phi) is 3.15. The topological polar surface area (TPSA) is 43.1 Å². The predicted molar refractivity (Wildman–Crippen MR) is 61.4 cm³/mol. The fourth-order valence-corrected chi connectivity index (χ4v) is 3.44. The molecular weight excluding hydrogens is 186 g/mol. The van der Waals surface area contributed by atoms with Gasteiger partial charge in [0.1, 0.15) is 5.78 Å². The van der Waals surface area contributed by atoms with Gasteiger partial charge in [-0.25, -0.2) is 0 Å². The summed E-state index contributed by atoms with van der Waals surface area (Å²) in [4.78, 5) is 12.1. The summed E-state index contributed by atoms with van der Waals surface area (Å²) in [6.45, 7) is 4.31. The highest BCUT2D eigenvalue weighted by atomic mass is 16.1. The van der Waals surface area contributed by atoms with E-state index >= 15 is 0 Å². The maximum Gasteiger partial charge on any atom is 0.138 e. The van der Waals surface area contributed by atoms with E-state index in [4.69, 9.17) is 5.73 Å². The number of hydrogen-bond donors (Lipinski definition) is 1. The molecule has 2 heteroatoms. The second-order valence-corrected chi connectivity index (χ2v) is 5.62. The maximum atomic E-state index is 12.1. The molecule has 2 nitrogen and oxygen atoms in total. The minimum atomic E-state index is 0.181. The number of Topliss-reactive ketones (excluding diaryl/α,β-unsaturated/α-hetero) is 1. The van der Waals surface area contributed by atoms with Gasteiger partial charge in [-0.1, -0.05) is 20.3 Å². The first-order valence-electron chi connectivity index (χ1n) is 6.41. The third kappa shape index (κ3) is 1.96. The predicted octanol–water partition coefficient (Wildman–Crippen LogP) is 2.37. The first-order chi connectivity index (χ1) is 7.13. The molecule has 0 spiro atoms. The second-order valence-electron chi connectivity index (χ2n) is 5.62. The summed E-state index contributed by atoms with van der Waals surface area (Å²) < 4.78 is 0. The largest absolute Gasteiger partial charge is 0.327 e. The van der Waals surface area contributed by atoms with Crippen LogP contribution in [0, 0.1) is 23.7 Å². The highest BCUT2D eigenvalue weighted by Gasteiger charge is 2.48. The summed E-state index contributed by atoms with van der Waals surface area (Å²) in [5.41, 5.74) is 6.16. The summed E-state index contributed by atoms with van der Waals surface area (Å²) in [6, 6.07) is 0.181. The van der Waals surface area contributed by atoms with Crippen LogP contribution in [-0.4, -0.2) is 11.8 Å². The number of carbonyl (C=O) groups is 1. The van der Waals surface area contributed by atoms with Crippen LogP contribution in [0.4, 0.5) is 0 Å². The van der Waals surface area contributed by atoms with Crippen molar-refractivity contribution >= 4 is 5.78 Å². The van der Waals surface area contributed by atoms with Crippen molar-refractivity contribution in [3.63, 3.8) is 0 Å². The Morgan fingerprint density at radius 3 is 2.60 bits per heavy atom. The maximum absolute atomic E-state index is 12.1. The average molecular weight is 209 g/mol. The lowest BCUT2D eigenvalue weighted by atomic mass is 9.79. The Labute approximate surface area is 92.6 Å². The normalized spacial score (nSPS) is 40.7. The number of nitrogens with two attached hydrogens (primary N) is 1. The van der Waals surface area contributed by atoms with Crippen LogP contribution >= 0.6 is 0 Å². The highest BCUT2D eigenvalue weighted by Crippen LogP contribution is 2.48. The Morgan fingerprint density at radius 2 is 2.07 bits per heavy atom. The first-order valence-corrected chi connectivity index (χ1v) is 6.41. The van der Waals surface area contributed by atoms with Crippen LogP contribution in [0.15, 0.2) is 0 Å². The van der Waals surface area contributed by atoms with Crippen LogP contribution < -0.4 is 5.73 Å². The lowest BCUT2D eigenvalue weighted by Crippen LogP contribution is -2.40. The quantitative estimate of drug-likeness (QED) is 0.772. The summed E-state index contributed by atoms with van der Waals surface area (Å²) >= 11 is 0. The third-order valence-corrected chi connectivity index (χ3v) is 4.60. The molecule has 2 bridgehead atoms. The van der Waals surface area contributed by atoms with Gasteiger partial charge >= 0.3 is 0 Å². The molecule has 0 radical (unpaired) electrons. The number of hydrogen-bond acceptors (Lipinski definition) is 2. The molecule has 0 aromatic heterocycles. The first kappa shape index (κ1) is 11.1. The van der Waals surface area contributed by atoms with Crippen LogP contribution in [0.5, 0.6) is 0 Å². The lowest BCUT2D eigenvalue weighted by molar-refractivity contribution is -0.125. The summed E-state index contributed by atoms with van der Waals surface area (Å²) in [5, 5.41) is 0. The van der Waals surface area contributed by atoms with Crippen molar-refractivity contribution in [2.24, 2.45) is 29.4 Å². The van der Waals surface area contributed by atoms with E-state index in [1.807, 2.05) is 0 Å². The summed E-state index contributed by atoms with van der Waals surface area (Å²) in [6.07, 6.45) is 5.58. The van der Waals surface area contributed by atoms with Gasteiger partial charge in [0.25, 0.3) is 0 Å². The molecule has 5 unspecified atom stereocenters. The minimum absolute atomic E-state index is 0.181. The van der Waals surface area contributed by atoms with E-state index in [1.165, 1.54) is 19.3 Å². The summed E-state index contributed by atoms with van der Waals surface area (Å²) in [7, 11) is 0. The number of ketones is 1. The molecule has 0 aromatic carbocycles. The Morgan fingerprint density at radius 1 is 1.40 bits per heavy atom. The van der Waals surface area contributed by atoms with Gasteiger partial charge < -0.3 is 5.73 Å². The van der Waals surface area contributed by atoms with Crippen molar-refractivity contribution in [3.8, 4) is 0 Å². The van der Waals surface area contributed by atoms with Gasteiger partial charge in [-0.2, -0.15) is 0 Å². The molecule has 2 aliphatic carbocycles. The SMILES string of the molecule is CCC(C)CC(=O)C1C2CCC(C2)C1N. The molecule has 15 heavy (non-hydrogen) atoms.